The van der Waals surface area contributed by atoms with Gasteiger partial charge in [0.05, 0.1) is 5.52 Å². The zero-order valence-corrected chi connectivity index (χ0v) is 10.1. The molecule has 2 rings (SSSR count). The lowest BCUT2D eigenvalue weighted by molar-refractivity contribution is 1.32. The average Bonchev–Trinajstić information content (AvgIpc) is 2.17. The van der Waals surface area contributed by atoms with E-state index in [-0.39, 0.29) is 0 Å². The van der Waals surface area contributed by atoms with Crippen molar-refractivity contribution in [1.29, 1.82) is 5.26 Å². The van der Waals surface area contributed by atoms with E-state index in [2.05, 4.69) is 36.8 Å². The molecule has 0 fully saturated rings. The van der Waals surface area contributed by atoms with Crippen molar-refractivity contribution in [3.05, 3.63) is 38.9 Å². The average molecular weight is 312 g/mol. The lowest BCUT2D eigenvalue weighted by atomic mass is 10.2. The van der Waals surface area contributed by atoms with Crippen LogP contribution in [0.1, 0.15) is 5.69 Å². The maximum Gasteiger partial charge on any atom is 0.141 e. The number of hydrogen-bond acceptors (Lipinski definition) is 2. The summed E-state index contributed by atoms with van der Waals surface area (Å²) in [6.07, 6.45) is 0. The highest BCUT2D eigenvalue weighted by molar-refractivity contribution is 9.11. The molecule has 0 aliphatic carbocycles. The Labute approximate surface area is 97.8 Å². The number of rotatable bonds is 0. The zero-order valence-electron chi connectivity index (χ0n) is 6.96. The van der Waals surface area contributed by atoms with E-state index in [1.807, 2.05) is 24.3 Å². The predicted molar refractivity (Wildman–Crippen MR) is 61.9 cm³/mol. The van der Waals surface area contributed by atoms with Gasteiger partial charge in [-0.2, -0.15) is 5.26 Å². The van der Waals surface area contributed by atoms with Crippen LogP contribution in [0.25, 0.3) is 10.9 Å². The lowest BCUT2D eigenvalue weighted by Gasteiger charge is -2.01. The zero-order chi connectivity index (χ0) is 10.1. The molecule has 1 aromatic carbocycles. The van der Waals surface area contributed by atoms with Gasteiger partial charge in [-0.25, -0.2) is 4.98 Å². The van der Waals surface area contributed by atoms with Gasteiger partial charge in [-0.1, -0.05) is 15.9 Å². The van der Waals surface area contributed by atoms with E-state index in [0.29, 0.717) is 5.69 Å². The molecule has 0 atom stereocenters. The van der Waals surface area contributed by atoms with E-state index < -0.39 is 0 Å². The summed E-state index contributed by atoms with van der Waals surface area (Å²) in [4.78, 5) is 4.21. The van der Waals surface area contributed by atoms with Crippen LogP contribution in [0.15, 0.2) is 33.2 Å². The summed E-state index contributed by atoms with van der Waals surface area (Å²) in [5.41, 5.74) is 1.24. The second-order valence-corrected chi connectivity index (χ2v) is 4.54. The molecule has 1 aromatic heterocycles. The molecule has 4 heteroatoms. The van der Waals surface area contributed by atoms with Gasteiger partial charge in [0, 0.05) is 14.3 Å². The van der Waals surface area contributed by atoms with Crippen LogP contribution in [0, 0.1) is 11.3 Å². The predicted octanol–water partition coefficient (Wildman–Crippen LogP) is 3.63. The summed E-state index contributed by atoms with van der Waals surface area (Å²) >= 11 is 6.81. The van der Waals surface area contributed by atoms with Gasteiger partial charge in [-0.05, 0) is 40.2 Å². The van der Waals surface area contributed by atoms with Crippen molar-refractivity contribution in [2.75, 3.05) is 0 Å². The first-order valence-electron chi connectivity index (χ1n) is 3.86. The third kappa shape index (κ3) is 1.66. The minimum absolute atomic E-state index is 0.431. The quantitative estimate of drug-likeness (QED) is 0.745. The number of pyridine rings is 1. The molecular formula is C10H4Br2N2. The van der Waals surface area contributed by atoms with Crippen LogP contribution in [-0.2, 0) is 0 Å². The minimum Gasteiger partial charge on any atom is -0.236 e. The van der Waals surface area contributed by atoms with Crippen molar-refractivity contribution in [3.8, 4) is 6.07 Å². The van der Waals surface area contributed by atoms with Crippen LogP contribution < -0.4 is 0 Å². The second-order valence-electron chi connectivity index (χ2n) is 2.77. The first-order chi connectivity index (χ1) is 6.70. The van der Waals surface area contributed by atoms with E-state index in [4.69, 9.17) is 5.26 Å². The Balaban J connectivity index is 2.84. The molecule has 1 heterocycles. The Bertz CT molecular complexity index is 544. The maximum atomic E-state index is 8.71. The maximum absolute atomic E-state index is 8.71. The molecule has 0 bridgehead atoms. The first-order valence-corrected chi connectivity index (χ1v) is 5.45. The van der Waals surface area contributed by atoms with Crippen LogP contribution in [0.5, 0.6) is 0 Å². The highest BCUT2D eigenvalue weighted by Gasteiger charge is 2.03. The third-order valence-corrected chi connectivity index (χ3v) is 2.89. The molecule has 0 saturated carbocycles. The molecule has 0 spiro atoms. The fourth-order valence-corrected chi connectivity index (χ4v) is 2.57. The molecule has 0 unspecified atom stereocenters. The Morgan fingerprint density at radius 3 is 2.71 bits per heavy atom. The fourth-order valence-electron chi connectivity index (χ4n) is 1.22. The molecule has 14 heavy (non-hydrogen) atoms. The van der Waals surface area contributed by atoms with Crippen LogP contribution in [0.4, 0.5) is 0 Å². The lowest BCUT2D eigenvalue weighted by Crippen LogP contribution is -1.85. The van der Waals surface area contributed by atoms with Gasteiger partial charge in [-0.15, -0.1) is 0 Å². The van der Waals surface area contributed by atoms with Gasteiger partial charge in [0.2, 0.25) is 0 Å². The summed E-state index contributed by atoms with van der Waals surface area (Å²) in [5, 5.41) is 9.71. The molecule has 0 aliphatic rings. The van der Waals surface area contributed by atoms with Crippen LogP contribution in [-0.4, -0.2) is 4.98 Å². The van der Waals surface area contributed by atoms with Crippen molar-refractivity contribution in [2.45, 2.75) is 0 Å². The molecule has 0 N–H and O–H groups in total. The number of aromatic nitrogens is 1. The topological polar surface area (TPSA) is 36.7 Å². The normalized spacial score (nSPS) is 10.1. The highest BCUT2D eigenvalue weighted by atomic mass is 79.9. The summed E-state index contributed by atoms with van der Waals surface area (Å²) in [7, 11) is 0. The molecule has 0 saturated heterocycles. The van der Waals surface area contributed by atoms with Gasteiger partial charge in [0.1, 0.15) is 11.8 Å². The Kier molecular flexibility index (Phi) is 2.53. The summed E-state index contributed by atoms with van der Waals surface area (Å²) in [5.74, 6) is 0. The molecule has 2 aromatic rings. The van der Waals surface area contributed by atoms with Crippen molar-refractivity contribution < 1.29 is 0 Å². The monoisotopic (exact) mass is 310 g/mol. The molecule has 68 valence electrons. The van der Waals surface area contributed by atoms with Crippen LogP contribution in [0.3, 0.4) is 0 Å². The van der Waals surface area contributed by atoms with Crippen molar-refractivity contribution in [1.82, 2.24) is 4.98 Å². The number of hydrogen-bond donors (Lipinski definition) is 0. The van der Waals surface area contributed by atoms with Crippen molar-refractivity contribution >= 4 is 42.8 Å². The van der Waals surface area contributed by atoms with Gasteiger partial charge in [0.25, 0.3) is 0 Å². The van der Waals surface area contributed by atoms with Gasteiger partial charge < -0.3 is 0 Å². The highest BCUT2D eigenvalue weighted by Crippen LogP contribution is 2.27. The molecule has 0 radical (unpaired) electrons. The number of halogens is 2. The number of nitriles is 1. The molecule has 0 amide bonds. The van der Waals surface area contributed by atoms with Crippen molar-refractivity contribution in [2.24, 2.45) is 0 Å². The summed E-state index contributed by atoms with van der Waals surface area (Å²) in [6, 6.07) is 9.49. The number of nitrogens with zero attached hydrogens (tertiary/aromatic N) is 2. The fraction of sp³-hybridized carbons (Fsp3) is 0. The van der Waals surface area contributed by atoms with Crippen LogP contribution >= 0.6 is 31.9 Å². The Hall–Kier alpha value is -0.920. The smallest absolute Gasteiger partial charge is 0.141 e. The Morgan fingerprint density at radius 2 is 2.00 bits per heavy atom. The van der Waals surface area contributed by atoms with E-state index in [1.165, 1.54) is 0 Å². The number of benzene rings is 1. The standard InChI is InChI=1S/C10H4Br2N2/c11-7-3-6-1-2-8(5-13)14-10(6)9(12)4-7/h1-4H. The third-order valence-electron chi connectivity index (χ3n) is 1.83. The van der Waals surface area contributed by atoms with E-state index >= 15 is 0 Å². The van der Waals surface area contributed by atoms with Gasteiger partial charge in [0.15, 0.2) is 0 Å². The second kappa shape index (κ2) is 3.68. The molecular weight excluding hydrogens is 308 g/mol. The van der Waals surface area contributed by atoms with E-state index in [9.17, 15) is 0 Å². The Morgan fingerprint density at radius 1 is 1.21 bits per heavy atom. The molecule has 0 aliphatic heterocycles. The van der Waals surface area contributed by atoms with E-state index in [1.54, 1.807) is 6.07 Å². The van der Waals surface area contributed by atoms with Crippen molar-refractivity contribution in [3.63, 3.8) is 0 Å². The van der Waals surface area contributed by atoms with Gasteiger partial charge in [-0.3, -0.25) is 0 Å². The SMILES string of the molecule is N#Cc1ccc2cc(Br)cc(Br)c2n1. The minimum atomic E-state index is 0.431. The first kappa shape index (κ1) is 9.63. The summed E-state index contributed by atoms with van der Waals surface area (Å²) < 4.78 is 1.88. The van der Waals surface area contributed by atoms with Gasteiger partial charge >= 0.3 is 0 Å². The van der Waals surface area contributed by atoms with Crippen LogP contribution in [0.2, 0.25) is 0 Å². The largest absolute Gasteiger partial charge is 0.236 e. The summed E-state index contributed by atoms with van der Waals surface area (Å²) in [6.45, 7) is 0. The number of fused-ring (bicyclic) bond motifs is 1. The van der Waals surface area contributed by atoms with E-state index in [0.717, 1.165) is 19.8 Å². The molecule has 2 nitrogen and oxygen atoms in total.